The molecule has 5 atom stereocenters. The van der Waals surface area contributed by atoms with Crippen molar-refractivity contribution in [3.05, 3.63) is 0 Å². The van der Waals surface area contributed by atoms with Crippen LogP contribution < -0.4 is 5.32 Å². The van der Waals surface area contributed by atoms with E-state index in [1.165, 1.54) is 19.3 Å². The zero-order valence-corrected chi connectivity index (χ0v) is 11.3. The molecule has 0 unspecified atom stereocenters. The Morgan fingerprint density at radius 2 is 2.07 bits per heavy atom. The Kier molecular flexibility index (Phi) is 5.27. The summed E-state index contributed by atoms with van der Waals surface area (Å²) in [7, 11) is -0.695. The SMILES string of the molecule is C[C@@H]1CC[C@H](NC[C@@H](C)[S@@](C)=O)[C@@H](C)C1. The molecule has 0 aromatic carbocycles. The van der Waals surface area contributed by atoms with Gasteiger partial charge in [0, 0.05) is 34.9 Å². The molecule has 1 aliphatic carbocycles. The Morgan fingerprint density at radius 3 is 2.60 bits per heavy atom. The van der Waals surface area contributed by atoms with Gasteiger partial charge in [0.25, 0.3) is 0 Å². The van der Waals surface area contributed by atoms with Crippen molar-refractivity contribution in [1.29, 1.82) is 0 Å². The number of nitrogens with one attached hydrogen (secondary N) is 1. The zero-order valence-electron chi connectivity index (χ0n) is 10.5. The van der Waals surface area contributed by atoms with E-state index in [1.54, 1.807) is 6.26 Å². The smallest absolute Gasteiger partial charge is 0.0441 e. The first-order chi connectivity index (χ1) is 7.00. The predicted molar refractivity (Wildman–Crippen MR) is 67.5 cm³/mol. The molecule has 0 heterocycles. The first-order valence-corrected chi connectivity index (χ1v) is 7.68. The predicted octanol–water partition coefficient (Wildman–Crippen LogP) is 2.17. The Bertz CT molecular complexity index is 220. The monoisotopic (exact) mass is 231 g/mol. The lowest BCUT2D eigenvalue weighted by molar-refractivity contribution is 0.229. The van der Waals surface area contributed by atoms with Gasteiger partial charge < -0.3 is 5.32 Å². The summed E-state index contributed by atoms with van der Waals surface area (Å²) in [5, 5.41) is 3.85. The first-order valence-electron chi connectivity index (χ1n) is 6.06. The molecule has 2 nitrogen and oxygen atoms in total. The van der Waals surface area contributed by atoms with Crippen LogP contribution in [-0.2, 0) is 10.8 Å². The van der Waals surface area contributed by atoms with Crippen LogP contribution in [0, 0.1) is 11.8 Å². The lowest BCUT2D eigenvalue weighted by Crippen LogP contribution is -2.42. The van der Waals surface area contributed by atoms with E-state index in [2.05, 4.69) is 26.1 Å². The molecule has 0 aliphatic heterocycles. The first kappa shape index (κ1) is 13.2. The summed E-state index contributed by atoms with van der Waals surface area (Å²) in [5.74, 6) is 1.65. The molecule has 0 spiro atoms. The van der Waals surface area contributed by atoms with E-state index < -0.39 is 10.8 Å². The Hall–Kier alpha value is 0.110. The molecule has 1 rings (SSSR count). The van der Waals surface area contributed by atoms with Gasteiger partial charge in [0.1, 0.15) is 0 Å². The minimum atomic E-state index is -0.695. The van der Waals surface area contributed by atoms with Crippen molar-refractivity contribution < 1.29 is 4.21 Å². The van der Waals surface area contributed by atoms with Gasteiger partial charge in [0.05, 0.1) is 0 Å². The van der Waals surface area contributed by atoms with Crippen molar-refractivity contribution in [2.75, 3.05) is 12.8 Å². The molecular formula is C12H25NOS. The topological polar surface area (TPSA) is 29.1 Å². The van der Waals surface area contributed by atoms with Gasteiger partial charge in [-0.25, -0.2) is 0 Å². The van der Waals surface area contributed by atoms with Gasteiger partial charge in [-0.1, -0.05) is 13.8 Å². The lowest BCUT2D eigenvalue weighted by Gasteiger charge is -2.33. The molecule has 0 aromatic heterocycles. The Morgan fingerprint density at radius 1 is 1.40 bits per heavy atom. The van der Waals surface area contributed by atoms with Crippen molar-refractivity contribution in [1.82, 2.24) is 5.32 Å². The molecular weight excluding hydrogens is 206 g/mol. The molecule has 1 N–H and O–H groups in total. The molecule has 15 heavy (non-hydrogen) atoms. The zero-order chi connectivity index (χ0) is 11.4. The number of hydrogen-bond donors (Lipinski definition) is 1. The van der Waals surface area contributed by atoms with Crippen LogP contribution in [0.1, 0.15) is 40.0 Å². The van der Waals surface area contributed by atoms with Crippen LogP contribution in [-0.4, -0.2) is 28.3 Å². The van der Waals surface area contributed by atoms with Gasteiger partial charge in [0.2, 0.25) is 0 Å². The maximum absolute atomic E-state index is 11.2. The molecule has 0 radical (unpaired) electrons. The van der Waals surface area contributed by atoms with E-state index >= 15 is 0 Å². The van der Waals surface area contributed by atoms with E-state index in [0.29, 0.717) is 6.04 Å². The van der Waals surface area contributed by atoms with Crippen LogP contribution >= 0.6 is 0 Å². The van der Waals surface area contributed by atoms with Gasteiger partial charge in [0.15, 0.2) is 0 Å². The molecule has 90 valence electrons. The quantitative estimate of drug-likeness (QED) is 0.803. The summed E-state index contributed by atoms with van der Waals surface area (Å²) in [6.07, 6.45) is 5.75. The third-order valence-corrected chi connectivity index (χ3v) is 4.97. The highest BCUT2D eigenvalue weighted by atomic mass is 32.2. The van der Waals surface area contributed by atoms with Crippen molar-refractivity contribution in [3.63, 3.8) is 0 Å². The average molecular weight is 231 g/mol. The van der Waals surface area contributed by atoms with Crippen LogP contribution in [0.5, 0.6) is 0 Å². The molecule has 0 amide bonds. The minimum absolute atomic E-state index is 0.275. The highest BCUT2D eigenvalue weighted by Crippen LogP contribution is 2.28. The molecule has 1 fully saturated rings. The molecule has 3 heteroatoms. The van der Waals surface area contributed by atoms with Crippen molar-refractivity contribution in [2.45, 2.75) is 51.3 Å². The molecule has 0 bridgehead atoms. The standard InChI is InChI=1S/C12H25NOS/c1-9-5-6-12(10(2)7-9)13-8-11(3)15(4)14/h9-13H,5-8H2,1-4H3/t9-,10+,11-,12+,15-/m1/s1. The van der Waals surface area contributed by atoms with Crippen LogP contribution in [0.25, 0.3) is 0 Å². The van der Waals surface area contributed by atoms with Crippen molar-refractivity contribution in [2.24, 2.45) is 11.8 Å². The summed E-state index contributed by atoms with van der Waals surface area (Å²) in [6.45, 7) is 7.63. The number of rotatable bonds is 4. The van der Waals surface area contributed by atoms with Crippen LogP contribution in [0.4, 0.5) is 0 Å². The van der Waals surface area contributed by atoms with E-state index in [4.69, 9.17) is 0 Å². The third-order valence-electron chi connectivity index (χ3n) is 3.67. The highest BCUT2D eigenvalue weighted by molar-refractivity contribution is 7.84. The maximum atomic E-state index is 11.2. The third kappa shape index (κ3) is 4.23. The molecule has 0 saturated heterocycles. The fourth-order valence-electron chi connectivity index (χ4n) is 2.40. The second kappa shape index (κ2) is 6.00. The maximum Gasteiger partial charge on any atom is 0.0441 e. The van der Waals surface area contributed by atoms with Crippen molar-refractivity contribution in [3.8, 4) is 0 Å². The Balaban J connectivity index is 2.29. The van der Waals surface area contributed by atoms with Crippen LogP contribution in [0.2, 0.25) is 0 Å². The normalized spacial score (nSPS) is 36.1. The van der Waals surface area contributed by atoms with E-state index in [9.17, 15) is 4.21 Å². The van der Waals surface area contributed by atoms with Gasteiger partial charge in [-0.2, -0.15) is 0 Å². The Labute approximate surface area is 96.7 Å². The second-order valence-corrected chi connectivity index (χ2v) is 7.02. The lowest BCUT2D eigenvalue weighted by atomic mass is 9.80. The molecule has 1 saturated carbocycles. The second-order valence-electron chi connectivity index (χ2n) is 5.22. The van der Waals surface area contributed by atoms with E-state index in [-0.39, 0.29) is 5.25 Å². The number of hydrogen-bond acceptors (Lipinski definition) is 2. The summed E-state index contributed by atoms with van der Waals surface area (Å²) >= 11 is 0. The van der Waals surface area contributed by atoms with E-state index in [1.807, 2.05) is 0 Å². The molecule has 0 aromatic rings. The summed E-state index contributed by atoms with van der Waals surface area (Å²) < 4.78 is 11.2. The summed E-state index contributed by atoms with van der Waals surface area (Å²) in [4.78, 5) is 0. The highest BCUT2D eigenvalue weighted by Gasteiger charge is 2.25. The van der Waals surface area contributed by atoms with Gasteiger partial charge in [-0.15, -0.1) is 0 Å². The summed E-state index contributed by atoms with van der Waals surface area (Å²) in [5.41, 5.74) is 0. The minimum Gasteiger partial charge on any atom is -0.313 e. The van der Waals surface area contributed by atoms with Gasteiger partial charge in [-0.3, -0.25) is 4.21 Å². The molecule has 1 aliphatic rings. The van der Waals surface area contributed by atoms with Crippen molar-refractivity contribution >= 4 is 10.8 Å². The largest absolute Gasteiger partial charge is 0.313 e. The van der Waals surface area contributed by atoms with E-state index in [0.717, 1.165) is 18.4 Å². The fraction of sp³-hybridized carbons (Fsp3) is 1.00. The van der Waals surface area contributed by atoms with Crippen LogP contribution in [0.15, 0.2) is 0 Å². The fourth-order valence-corrected chi connectivity index (χ4v) is 2.73. The van der Waals surface area contributed by atoms with Gasteiger partial charge >= 0.3 is 0 Å². The average Bonchev–Trinajstić information content (AvgIpc) is 2.15. The summed E-state index contributed by atoms with van der Waals surface area (Å²) in [6, 6.07) is 0.646. The van der Waals surface area contributed by atoms with Gasteiger partial charge in [-0.05, 0) is 38.0 Å². The van der Waals surface area contributed by atoms with Crippen LogP contribution in [0.3, 0.4) is 0 Å².